The third-order valence-corrected chi connectivity index (χ3v) is 4.27. The molecule has 4 heteroatoms. The molecule has 0 radical (unpaired) electrons. The molecule has 0 spiro atoms. The van der Waals surface area contributed by atoms with Gasteiger partial charge in [-0.25, -0.2) is 4.98 Å². The molecule has 22 heavy (non-hydrogen) atoms. The van der Waals surface area contributed by atoms with Crippen LogP contribution in [0.5, 0.6) is 0 Å². The molecule has 2 atom stereocenters. The van der Waals surface area contributed by atoms with Crippen LogP contribution in [0.25, 0.3) is 0 Å². The maximum absolute atomic E-state index is 10.0. The zero-order chi connectivity index (χ0) is 16.4. The lowest BCUT2D eigenvalue weighted by Crippen LogP contribution is -2.25. The number of nitrogens with zero attached hydrogens (tertiary/aromatic N) is 1. The second-order valence-corrected chi connectivity index (χ2v) is 6.58. The number of hydrogen-bond acceptors (Lipinski definition) is 3. The van der Waals surface area contributed by atoms with Crippen molar-refractivity contribution in [1.82, 2.24) is 9.97 Å². The average Bonchev–Trinajstić information content (AvgIpc) is 2.85. The number of hydrogen-bond donors (Lipinski definition) is 3. The zero-order valence-electron chi connectivity index (χ0n) is 14.7. The number of nitrogens with one attached hydrogen (secondary N) is 1. The third-order valence-electron chi connectivity index (χ3n) is 4.27. The lowest BCUT2D eigenvalue weighted by Gasteiger charge is -2.12. The first-order valence-corrected chi connectivity index (χ1v) is 9.05. The van der Waals surface area contributed by atoms with Crippen molar-refractivity contribution in [1.29, 1.82) is 0 Å². The summed E-state index contributed by atoms with van der Waals surface area (Å²) in [6, 6.07) is -0.289. The van der Waals surface area contributed by atoms with E-state index in [1.165, 1.54) is 51.4 Å². The van der Waals surface area contributed by atoms with Gasteiger partial charge in [0.1, 0.15) is 11.9 Å². The van der Waals surface area contributed by atoms with Crippen molar-refractivity contribution < 1.29 is 5.11 Å². The maximum atomic E-state index is 10.0. The lowest BCUT2D eigenvalue weighted by molar-refractivity contribution is 0.148. The molecule has 1 aromatic rings. The second kappa shape index (κ2) is 10.8. The number of aliphatic hydroxyl groups excluding tert-OH is 1. The highest BCUT2D eigenvalue weighted by Gasteiger charge is 2.18. The van der Waals surface area contributed by atoms with E-state index in [0.717, 1.165) is 24.4 Å². The van der Waals surface area contributed by atoms with Gasteiger partial charge in [0.05, 0.1) is 5.69 Å². The Morgan fingerprint density at radius 1 is 1.05 bits per heavy atom. The number of aromatic nitrogens is 2. The van der Waals surface area contributed by atoms with Crippen LogP contribution < -0.4 is 5.73 Å². The number of aliphatic hydroxyl groups is 1. The summed E-state index contributed by atoms with van der Waals surface area (Å²) in [4.78, 5) is 7.79. The first-order chi connectivity index (χ1) is 10.6. The minimum atomic E-state index is -0.673. The summed E-state index contributed by atoms with van der Waals surface area (Å²) in [6.07, 6.45) is 12.3. The molecule has 1 heterocycles. The molecule has 0 amide bonds. The molecule has 0 aliphatic carbocycles. The minimum absolute atomic E-state index is 0.289. The fourth-order valence-electron chi connectivity index (χ4n) is 2.80. The Bertz CT molecular complexity index is 401. The molecule has 2 unspecified atom stereocenters. The fourth-order valence-corrected chi connectivity index (χ4v) is 2.80. The van der Waals surface area contributed by atoms with Crippen LogP contribution in [0, 0.1) is 6.92 Å². The topological polar surface area (TPSA) is 74.9 Å². The van der Waals surface area contributed by atoms with E-state index in [1.807, 2.05) is 6.92 Å². The Morgan fingerprint density at radius 2 is 1.59 bits per heavy atom. The van der Waals surface area contributed by atoms with Gasteiger partial charge < -0.3 is 15.8 Å². The average molecular weight is 309 g/mol. The molecule has 4 nitrogen and oxygen atoms in total. The van der Waals surface area contributed by atoms with Gasteiger partial charge in [-0.1, -0.05) is 58.3 Å². The van der Waals surface area contributed by atoms with Crippen LogP contribution in [-0.4, -0.2) is 21.1 Å². The predicted octanol–water partition coefficient (Wildman–Crippen LogP) is 4.17. The van der Waals surface area contributed by atoms with Gasteiger partial charge in [0.25, 0.3) is 0 Å². The SMILES string of the molecule is CCCCCCCCCCCc1nc(C(O)C(C)N)c(C)[nH]1. The smallest absolute Gasteiger partial charge is 0.112 e. The quantitative estimate of drug-likeness (QED) is 0.507. The van der Waals surface area contributed by atoms with Crippen molar-refractivity contribution in [2.45, 2.75) is 97.1 Å². The molecule has 0 aliphatic heterocycles. The molecular formula is C18H35N3O. The Hall–Kier alpha value is -0.870. The van der Waals surface area contributed by atoms with Gasteiger partial charge in [-0.15, -0.1) is 0 Å². The van der Waals surface area contributed by atoms with Crippen LogP contribution >= 0.6 is 0 Å². The highest BCUT2D eigenvalue weighted by atomic mass is 16.3. The van der Waals surface area contributed by atoms with E-state index in [9.17, 15) is 5.11 Å². The lowest BCUT2D eigenvalue weighted by atomic mass is 10.1. The molecule has 0 saturated carbocycles. The summed E-state index contributed by atoms with van der Waals surface area (Å²) in [5.41, 5.74) is 7.39. The highest BCUT2D eigenvalue weighted by Crippen LogP contribution is 2.18. The summed E-state index contributed by atoms with van der Waals surface area (Å²) in [5, 5.41) is 10.0. The van der Waals surface area contributed by atoms with E-state index in [1.54, 1.807) is 6.92 Å². The van der Waals surface area contributed by atoms with Crippen molar-refractivity contribution in [2.75, 3.05) is 0 Å². The summed E-state index contributed by atoms with van der Waals surface area (Å²) < 4.78 is 0. The fraction of sp³-hybridized carbons (Fsp3) is 0.833. The van der Waals surface area contributed by atoms with E-state index in [0.29, 0.717) is 5.69 Å². The van der Waals surface area contributed by atoms with E-state index in [4.69, 9.17) is 5.73 Å². The molecule has 1 rings (SSSR count). The largest absolute Gasteiger partial charge is 0.385 e. The number of aromatic amines is 1. The normalized spacial score (nSPS) is 14.2. The summed E-state index contributed by atoms with van der Waals surface area (Å²) in [5.74, 6) is 0.982. The molecular weight excluding hydrogens is 274 g/mol. The van der Waals surface area contributed by atoms with E-state index < -0.39 is 6.10 Å². The van der Waals surface area contributed by atoms with Crippen molar-refractivity contribution in [3.8, 4) is 0 Å². The van der Waals surface area contributed by atoms with Gasteiger partial charge in [-0.05, 0) is 20.3 Å². The van der Waals surface area contributed by atoms with Crippen LogP contribution in [-0.2, 0) is 6.42 Å². The monoisotopic (exact) mass is 309 g/mol. The number of nitrogens with two attached hydrogens (primary N) is 1. The summed E-state index contributed by atoms with van der Waals surface area (Å²) in [7, 11) is 0. The molecule has 4 N–H and O–H groups in total. The predicted molar refractivity (Wildman–Crippen MR) is 92.9 cm³/mol. The van der Waals surface area contributed by atoms with Gasteiger partial charge in [-0.2, -0.15) is 0 Å². The Labute approximate surface area is 135 Å². The summed E-state index contributed by atoms with van der Waals surface area (Å²) >= 11 is 0. The Kier molecular flexibility index (Phi) is 9.41. The van der Waals surface area contributed by atoms with Gasteiger partial charge in [-0.3, -0.25) is 0 Å². The highest BCUT2D eigenvalue weighted by molar-refractivity contribution is 5.17. The minimum Gasteiger partial charge on any atom is -0.385 e. The summed E-state index contributed by atoms with van der Waals surface area (Å²) in [6.45, 7) is 6.02. The van der Waals surface area contributed by atoms with Crippen LogP contribution in [0.15, 0.2) is 0 Å². The first-order valence-electron chi connectivity index (χ1n) is 9.05. The van der Waals surface area contributed by atoms with Crippen molar-refractivity contribution in [2.24, 2.45) is 5.73 Å². The number of unbranched alkanes of at least 4 members (excludes halogenated alkanes) is 8. The second-order valence-electron chi connectivity index (χ2n) is 6.58. The van der Waals surface area contributed by atoms with Crippen molar-refractivity contribution >= 4 is 0 Å². The molecule has 0 saturated heterocycles. The van der Waals surface area contributed by atoms with Crippen LogP contribution in [0.3, 0.4) is 0 Å². The molecule has 0 bridgehead atoms. The number of aryl methyl sites for hydroxylation is 2. The molecule has 0 aromatic carbocycles. The van der Waals surface area contributed by atoms with E-state index >= 15 is 0 Å². The third kappa shape index (κ3) is 6.93. The van der Waals surface area contributed by atoms with Crippen molar-refractivity contribution in [3.63, 3.8) is 0 Å². The van der Waals surface area contributed by atoms with E-state index in [-0.39, 0.29) is 6.04 Å². The van der Waals surface area contributed by atoms with Crippen LogP contribution in [0.2, 0.25) is 0 Å². The van der Waals surface area contributed by atoms with Gasteiger partial charge in [0, 0.05) is 18.2 Å². The van der Waals surface area contributed by atoms with Crippen LogP contribution in [0.4, 0.5) is 0 Å². The maximum Gasteiger partial charge on any atom is 0.112 e. The first kappa shape index (κ1) is 19.2. The Balaban J connectivity index is 2.16. The zero-order valence-corrected chi connectivity index (χ0v) is 14.7. The van der Waals surface area contributed by atoms with Crippen molar-refractivity contribution in [3.05, 3.63) is 17.2 Å². The number of rotatable bonds is 12. The van der Waals surface area contributed by atoms with Gasteiger partial charge >= 0.3 is 0 Å². The van der Waals surface area contributed by atoms with Gasteiger partial charge in [0.2, 0.25) is 0 Å². The van der Waals surface area contributed by atoms with E-state index in [2.05, 4.69) is 16.9 Å². The molecule has 1 aromatic heterocycles. The van der Waals surface area contributed by atoms with Crippen LogP contribution in [0.1, 0.15) is 95.0 Å². The number of imidazole rings is 1. The van der Waals surface area contributed by atoms with Gasteiger partial charge in [0.15, 0.2) is 0 Å². The molecule has 128 valence electrons. The molecule has 0 aliphatic rings. The standard InChI is InChI=1S/C18H35N3O/c1-4-5-6-7-8-9-10-11-12-13-16-20-15(3)17(21-16)18(22)14(2)19/h14,18,22H,4-13,19H2,1-3H3,(H,20,21). The molecule has 0 fully saturated rings. The number of H-pyrrole nitrogens is 1. The Morgan fingerprint density at radius 3 is 2.14 bits per heavy atom.